The molecule has 0 bridgehead atoms. The predicted octanol–water partition coefficient (Wildman–Crippen LogP) is 0.906. The molecule has 2 fully saturated rings. The van der Waals surface area contributed by atoms with Gasteiger partial charge in [0.2, 0.25) is 11.8 Å². The number of nitrogens with zero attached hydrogens (tertiary/aromatic N) is 1. The summed E-state index contributed by atoms with van der Waals surface area (Å²) in [5, 5.41) is 2.27. The van der Waals surface area contributed by atoms with Crippen molar-refractivity contribution in [3.63, 3.8) is 0 Å². The minimum absolute atomic E-state index is 0.219. The molecule has 1 N–H and O–H groups in total. The molecule has 6 nitrogen and oxygen atoms in total. The lowest BCUT2D eigenvalue weighted by atomic mass is 9.85. The lowest BCUT2D eigenvalue weighted by Crippen LogP contribution is -2.65. The minimum atomic E-state index is -1.19. The molecular formula is C13H20N2O4. The topological polar surface area (TPSA) is 75.7 Å². The van der Waals surface area contributed by atoms with Gasteiger partial charge in [-0.2, -0.15) is 0 Å². The highest BCUT2D eigenvalue weighted by atomic mass is 16.5. The first-order valence-corrected chi connectivity index (χ1v) is 6.62. The number of imide groups is 2. The summed E-state index contributed by atoms with van der Waals surface area (Å²) in [6.07, 6.45) is 1.65. The zero-order valence-corrected chi connectivity index (χ0v) is 11.6. The van der Waals surface area contributed by atoms with Gasteiger partial charge in [-0.05, 0) is 39.5 Å². The summed E-state index contributed by atoms with van der Waals surface area (Å²) >= 11 is 0. The third kappa shape index (κ3) is 2.36. The molecule has 19 heavy (non-hydrogen) atoms. The van der Waals surface area contributed by atoms with Crippen LogP contribution in [0.25, 0.3) is 0 Å². The van der Waals surface area contributed by atoms with Gasteiger partial charge in [0.05, 0.1) is 0 Å². The van der Waals surface area contributed by atoms with Gasteiger partial charge in [-0.1, -0.05) is 0 Å². The average molecular weight is 268 g/mol. The van der Waals surface area contributed by atoms with Crippen LogP contribution in [0.5, 0.6) is 0 Å². The molecular weight excluding hydrogens is 248 g/mol. The monoisotopic (exact) mass is 268 g/mol. The van der Waals surface area contributed by atoms with Crippen LogP contribution in [0.15, 0.2) is 0 Å². The van der Waals surface area contributed by atoms with Crippen LogP contribution in [0.3, 0.4) is 0 Å². The number of carbonyl (C=O) groups excluding carboxylic acids is 3. The van der Waals surface area contributed by atoms with E-state index in [4.69, 9.17) is 4.74 Å². The van der Waals surface area contributed by atoms with Gasteiger partial charge in [0.15, 0.2) is 0 Å². The summed E-state index contributed by atoms with van der Waals surface area (Å²) in [5.41, 5.74) is -1.19. The molecule has 0 aromatic rings. The zero-order chi connectivity index (χ0) is 14.2. The van der Waals surface area contributed by atoms with Crippen LogP contribution >= 0.6 is 0 Å². The molecule has 106 valence electrons. The SMILES string of the molecule is CC(C1CCOCC1)N1C(=O)NC(=O)C(C)(C)C1=O. The predicted molar refractivity (Wildman–Crippen MR) is 67.2 cm³/mol. The molecule has 1 unspecified atom stereocenters. The summed E-state index contributed by atoms with van der Waals surface area (Å²) in [5.74, 6) is -0.717. The highest BCUT2D eigenvalue weighted by Gasteiger charge is 2.49. The van der Waals surface area contributed by atoms with Gasteiger partial charge in [0.1, 0.15) is 5.41 Å². The van der Waals surface area contributed by atoms with E-state index < -0.39 is 23.3 Å². The normalized spacial score (nSPS) is 26.3. The van der Waals surface area contributed by atoms with Crippen molar-refractivity contribution < 1.29 is 19.1 Å². The van der Waals surface area contributed by atoms with E-state index in [0.29, 0.717) is 13.2 Å². The van der Waals surface area contributed by atoms with Crippen molar-refractivity contribution in [1.82, 2.24) is 10.2 Å². The van der Waals surface area contributed by atoms with Crippen molar-refractivity contribution >= 4 is 17.8 Å². The number of nitrogens with one attached hydrogen (secondary N) is 1. The van der Waals surface area contributed by atoms with Crippen LogP contribution in [-0.2, 0) is 14.3 Å². The molecule has 1 atom stereocenters. The number of ether oxygens (including phenoxy) is 1. The van der Waals surface area contributed by atoms with E-state index in [0.717, 1.165) is 12.8 Å². The molecule has 2 aliphatic heterocycles. The Morgan fingerprint density at radius 1 is 1.26 bits per heavy atom. The lowest BCUT2D eigenvalue weighted by Gasteiger charge is -2.41. The fourth-order valence-electron chi connectivity index (χ4n) is 2.58. The number of urea groups is 1. The second kappa shape index (κ2) is 4.92. The third-order valence-electron chi connectivity index (χ3n) is 4.12. The van der Waals surface area contributed by atoms with E-state index in [1.54, 1.807) is 13.8 Å². The summed E-state index contributed by atoms with van der Waals surface area (Å²) in [4.78, 5) is 37.2. The van der Waals surface area contributed by atoms with Crippen molar-refractivity contribution in [2.24, 2.45) is 11.3 Å². The molecule has 2 heterocycles. The third-order valence-corrected chi connectivity index (χ3v) is 4.12. The highest BCUT2D eigenvalue weighted by molar-refractivity contribution is 6.18. The quantitative estimate of drug-likeness (QED) is 0.755. The van der Waals surface area contributed by atoms with E-state index in [2.05, 4.69) is 5.32 Å². The Hall–Kier alpha value is -1.43. The molecule has 0 aliphatic carbocycles. The molecule has 2 aliphatic rings. The molecule has 0 aromatic carbocycles. The van der Waals surface area contributed by atoms with Gasteiger partial charge >= 0.3 is 6.03 Å². The van der Waals surface area contributed by atoms with Gasteiger partial charge in [0.25, 0.3) is 0 Å². The number of hydrogen-bond donors (Lipinski definition) is 1. The van der Waals surface area contributed by atoms with E-state index in [9.17, 15) is 14.4 Å². The van der Waals surface area contributed by atoms with Crippen LogP contribution < -0.4 is 5.32 Å². The number of carbonyl (C=O) groups is 3. The molecule has 0 saturated carbocycles. The van der Waals surface area contributed by atoms with E-state index >= 15 is 0 Å². The molecule has 6 heteroatoms. The van der Waals surface area contributed by atoms with E-state index in [-0.39, 0.29) is 12.0 Å². The smallest absolute Gasteiger partial charge is 0.331 e. The van der Waals surface area contributed by atoms with Crippen LogP contribution in [0.4, 0.5) is 4.79 Å². The van der Waals surface area contributed by atoms with Gasteiger partial charge in [-0.3, -0.25) is 19.8 Å². The Morgan fingerprint density at radius 3 is 2.42 bits per heavy atom. The van der Waals surface area contributed by atoms with Gasteiger partial charge < -0.3 is 4.74 Å². The van der Waals surface area contributed by atoms with E-state index in [1.807, 2.05) is 6.92 Å². The van der Waals surface area contributed by atoms with Gasteiger partial charge in [-0.25, -0.2) is 4.79 Å². The Kier molecular flexibility index (Phi) is 3.62. The minimum Gasteiger partial charge on any atom is -0.381 e. The maximum absolute atomic E-state index is 12.4. The van der Waals surface area contributed by atoms with Crippen molar-refractivity contribution in [3.8, 4) is 0 Å². The lowest BCUT2D eigenvalue weighted by molar-refractivity contribution is -0.151. The molecule has 2 saturated heterocycles. The maximum atomic E-state index is 12.4. The Balaban J connectivity index is 2.19. The fraction of sp³-hybridized carbons (Fsp3) is 0.769. The second-order valence-electron chi connectivity index (χ2n) is 5.75. The van der Waals surface area contributed by atoms with Crippen LogP contribution in [-0.4, -0.2) is 42.0 Å². The second-order valence-corrected chi connectivity index (χ2v) is 5.75. The van der Waals surface area contributed by atoms with E-state index in [1.165, 1.54) is 4.90 Å². The van der Waals surface area contributed by atoms with Crippen LogP contribution in [0.1, 0.15) is 33.6 Å². The molecule has 4 amide bonds. The van der Waals surface area contributed by atoms with Crippen LogP contribution in [0.2, 0.25) is 0 Å². The summed E-state index contributed by atoms with van der Waals surface area (Å²) < 4.78 is 5.29. The number of amides is 4. The molecule has 0 aromatic heterocycles. The Morgan fingerprint density at radius 2 is 1.84 bits per heavy atom. The number of rotatable bonds is 2. The fourth-order valence-corrected chi connectivity index (χ4v) is 2.58. The first kappa shape index (κ1) is 14.0. The van der Waals surface area contributed by atoms with Crippen molar-refractivity contribution in [3.05, 3.63) is 0 Å². The number of hydrogen-bond acceptors (Lipinski definition) is 4. The summed E-state index contributed by atoms with van der Waals surface area (Å²) in [6, 6.07) is -0.822. The largest absolute Gasteiger partial charge is 0.381 e. The zero-order valence-electron chi connectivity index (χ0n) is 11.6. The highest BCUT2D eigenvalue weighted by Crippen LogP contribution is 2.29. The summed E-state index contributed by atoms with van der Waals surface area (Å²) in [6.45, 7) is 6.25. The van der Waals surface area contributed by atoms with Gasteiger partial charge in [0, 0.05) is 19.3 Å². The van der Waals surface area contributed by atoms with Crippen molar-refractivity contribution in [2.75, 3.05) is 13.2 Å². The van der Waals surface area contributed by atoms with Gasteiger partial charge in [-0.15, -0.1) is 0 Å². The Bertz CT molecular complexity index is 413. The maximum Gasteiger partial charge on any atom is 0.331 e. The average Bonchev–Trinajstić information content (AvgIpc) is 2.38. The Labute approximate surface area is 112 Å². The number of barbiturate groups is 1. The van der Waals surface area contributed by atoms with Crippen LogP contribution in [0, 0.1) is 11.3 Å². The molecule has 0 spiro atoms. The van der Waals surface area contributed by atoms with Crippen molar-refractivity contribution in [1.29, 1.82) is 0 Å². The molecule has 0 radical (unpaired) electrons. The first-order chi connectivity index (χ1) is 8.85. The summed E-state index contributed by atoms with van der Waals surface area (Å²) in [7, 11) is 0. The van der Waals surface area contributed by atoms with Crippen molar-refractivity contribution in [2.45, 2.75) is 39.7 Å². The first-order valence-electron chi connectivity index (χ1n) is 6.62. The molecule has 2 rings (SSSR count). The standard InChI is InChI=1S/C13H20N2O4/c1-8(9-4-6-19-7-5-9)15-11(17)13(2,3)10(16)14-12(15)18/h8-9H,4-7H2,1-3H3,(H,14,16,18).